The van der Waals surface area contributed by atoms with Gasteiger partial charge in [0.25, 0.3) is 9.70 Å². The van der Waals surface area contributed by atoms with Crippen molar-refractivity contribution in [2.24, 2.45) is 0 Å². The summed E-state index contributed by atoms with van der Waals surface area (Å²) < 4.78 is -1.64. The number of aryl methyl sites for hydroxylation is 1. The molecule has 2 aromatic rings. The summed E-state index contributed by atoms with van der Waals surface area (Å²) in [5.41, 5.74) is 2.56. The normalized spacial score (nSPS) is 12.7. The van der Waals surface area contributed by atoms with E-state index in [0.717, 1.165) is 11.1 Å². The molecule has 0 saturated carbocycles. The molecule has 1 atom stereocenters. The summed E-state index contributed by atoms with van der Waals surface area (Å²) >= 11 is 18.0. The van der Waals surface area contributed by atoms with Crippen molar-refractivity contribution in [3.8, 4) is 0 Å². The average Bonchev–Trinajstić information content (AvgIpc) is 2.51. The van der Waals surface area contributed by atoms with Crippen LogP contribution in [0.15, 0.2) is 48.8 Å². The predicted octanol–water partition coefficient (Wildman–Crippen LogP) is 2.58. The second kappa shape index (κ2) is 7.97. The minimum Gasteiger partial charge on any atom is -0.319 e. The molecule has 4 nitrogen and oxygen atoms in total. The highest BCUT2D eigenvalue weighted by atomic mass is 35.6. The van der Waals surface area contributed by atoms with E-state index in [2.05, 4.69) is 10.3 Å². The molecule has 0 aliphatic rings. The van der Waals surface area contributed by atoms with Gasteiger partial charge >= 0.3 is 0 Å². The topological polar surface area (TPSA) is 58.6 Å². The van der Waals surface area contributed by atoms with Crippen molar-refractivity contribution in [2.75, 3.05) is 0 Å². The lowest BCUT2D eigenvalue weighted by Gasteiger charge is -2.23. The Kier molecular flexibility index (Phi) is 6.25. The molecular formula is C16H17Cl3N3O+. The van der Waals surface area contributed by atoms with E-state index >= 15 is 0 Å². The highest BCUT2D eigenvalue weighted by Gasteiger charge is 2.37. The van der Waals surface area contributed by atoms with Crippen LogP contribution in [0, 0.1) is 6.92 Å². The molecule has 1 amide bonds. The number of hydrogen-bond acceptors (Lipinski definition) is 2. The van der Waals surface area contributed by atoms with Crippen LogP contribution in [0.25, 0.3) is 0 Å². The minimum atomic E-state index is -1.64. The van der Waals surface area contributed by atoms with Gasteiger partial charge in [-0.2, -0.15) is 0 Å². The zero-order valence-electron chi connectivity index (χ0n) is 12.5. The maximum atomic E-state index is 12.3. The molecule has 3 N–H and O–H groups in total. The fourth-order valence-electron chi connectivity index (χ4n) is 1.98. The van der Waals surface area contributed by atoms with Crippen molar-refractivity contribution in [1.29, 1.82) is 0 Å². The van der Waals surface area contributed by atoms with E-state index in [0.29, 0.717) is 12.1 Å². The van der Waals surface area contributed by atoms with Crippen molar-refractivity contribution in [2.45, 2.75) is 23.4 Å². The van der Waals surface area contributed by atoms with Crippen LogP contribution in [0.2, 0.25) is 0 Å². The van der Waals surface area contributed by atoms with Crippen LogP contribution in [0.3, 0.4) is 0 Å². The zero-order chi connectivity index (χ0) is 16.9. The van der Waals surface area contributed by atoms with E-state index in [1.807, 2.05) is 31.2 Å². The summed E-state index contributed by atoms with van der Waals surface area (Å²) in [5, 5.41) is 4.51. The van der Waals surface area contributed by atoms with Crippen molar-refractivity contribution in [3.05, 3.63) is 65.5 Å². The summed E-state index contributed by atoms with van der Waals surface area (Å²) in [7, 11) is 0. The first-order chi connectivity index (χ1) is 10.9. The van der Waals surface area contributed by atoms with Crippen LogP contribution in [0.1, 0.15) is 21.5 Å². The number of hydrogen-bond donors (Lipinski definition) is 2. The Labute approximate surface area is 150 Å². The number of amides is 1. The van der Waals surface area contributed by atoms with Gasteiger partial charge in [-0.25, -0.2) is 0 Å². The molecule has 7 heteroatoms. The van der Waals surface area contributed by atoms with E-state index in [1.165, 1.54) is 0 Å². The Hall–Kier alpha value is -1.33. The van der Waals surface area contributed by atoms with E-state index < -0.39 is 9.96 Å². The Morgan fingerprint density at radius 2 is 1.96 bits per heavy atom. The number of rotatable bonds is 5. The molecule has 23 heavy (non-hydrogen) atoms. The predicted molar refractivity (Wildman–Crippen MR) is 92.6 cm³/mol. The molecule has 0 bridgehead atoms. The van der Waals surface area contributed by atoms with Gasteiger partial charge in [-0.05, 0) is 25.1 Å². The van der Waals surface area contributed by atoms with Crippen LogP contribution in [0.5, 0.6) is 0 Å². The summed E-state index contributed by atoms with van der Waals surface area (Å²) in [6.45, 7) is 2.48. The van der Waals surface area contributed by atoms with E-state index in [-0.39, 0.29) is 5.91 Å². The number of nitrogens with two attached hydrogens (primary N) is 1. The number of halogens is 3. The van der Waals surface area contributed by atoms with Gasteiger partial charge in [-0.3, -0.25) is 15.1 Å². The van der Waals surface area contributed by atoms with Gasteiger partial charge in [0.15, 0.2) is 0 Å². The molecule has 122 valence electrons. The van der Waals surface area contributed by atoms with Crippen LogP contribution >= 0.6 is 34.8 Å². The number of nitrogens with zero attached hydrogens (tertiary/aromatic N) is 1. The summed E-state index contributed by atoms with van der Waals surface area (Å²) in [6.07, 6.45) is 2.70. The van der Waals surface area contributed by atoms with Crippen LogP contribution < -0.4 is 10.6 Å². The van der Waals surface area contributed by atoms with Gasteiger partial charge < -0.3 is 5.32 Å². The maximum absolute atomic E-state index is 12.3. The molecule has 1 heterocycles. The zero-order valence-corrected chi connectivity index (χ0v) is 14.7. The molecule has 0 spiro atoms. The quantitative estimate of drug-likeness (QED) is 0.625. The maximum Gasteiger partial charge on any atom is 0.262 e. The second-order valence-corrected chi connectivity index (χ2v) is 7.53. The first kappa shape index (κ1) is 18.0. The van der Waals surface area contributed by atoms with Crippen LogP contribution in [-0.4, -0.2) is 20.8 Å². The monoisotopic (exact) mass is 372 g/mol. The molecule has 1 aromatic carbocycles. The van der Waals surface area contributed by atoms with Crippen LogP contribution in [0.4, 0.5) is 0 Å². The Bertz CT molecular complexity index is 642. The molecular weight excluding hydrogens is 357 g/mol. The summed E-state index contributed by atoms with van der Waals surface area (Å²) in [6, 6.07) is 10.9. The molecule has 1 aromatic heterocycles. The molecule has 0 aliphatic carbocycles. The van der Waals surface area contributed by atoms with E-state index in [1.54, 1.807) is 29.8 Å². The Morgan fingerprint density at radius 3 is 2.52 bits per heavy atom. The molecule has 2 rings (SSSR count). The van der Waals surface area contributed by atoms with Crippen molar-refractivity contribution in [1.82, 2.24) is 10.3 Å². The average molecular weight is 374 g/mol. The first-order valence-electron chi connectivity index (χ1n) is 7.03. The smallest absolute Gasteiger partial charge is 0.262 e. The summed E-state index contributed by atoms with van der Waals surface area (Å²) in [4.78, 5) is 16.3. The van der Waals surface area contributed by atoms with Gasteiger partial charge in [-0.15, -0.1) is 0 Å². The number of pyridine rings is 1. The largest absolute Gasteiger partial charge is 0.319 e. The van der Waals surface area contributed by atoms with E-state index in [4.69, 9.17) is 34.8 Å². The fourth-order valence-corrected chi connectivity index (χ4v) is 2.41. The van der Waals surface area contributed by atoms with Crippen molar-refractivity contribution < 1.29 is 10.1 Å². The Morgan fingerprint density at radius 1 is 1.26 bits per heavy atom. The van der Waals surface area contributed by atoms with Gasteiger partial charge in [0, 0.05) is 23.5 Å². The Balaban J connectivity index is 2.04. The third-order valence-electron chi connectivity index (χ3n) is 3.27. The molecule has 0 unspecified atom stereocenters. The lowest BCUT2D eigenvalue weighted by Crippen LogP contribution is -2.95. The van der Waals surface area contributed by atoms with Gasteiger partial charge in [-0.1, -0.05) is 58.6 Å². The number of carbonyl (C=O) groups is 1. The number of quaternary nitrogens is 1. The number of carbonyl (C=O) groups excluding carboxylic acids is 1. The fraction of sp³-hybridized carbons (Fsp3) is 0.250. The van der Waals surface area contributed by atoms with Gasteiger partial charge in [0.05, 0.1) is 0 Å². The molecule has 0 aliphatic heterocycles. The number of nitrogens with one attached hydrogen (secondary N) is 1. The SMILES string of the molecule is Cc1ccc(C(=O)N[C@H]([NH2+]Cc2cccnc2)C(Cl)(Cl)Cl)cc1. The number of aromatic nitrogens is 1. The minimum absolute atomic E-state index is 0.288. The van der Waals surface area contributed by atoms with Gasteiger partial charge in [0.2, 0.25) is 6.17 Å². The van der Waals surface area contributed by atoms with E-state index in [9.17, 15) is 4.79 Å². The van der Waals surface area contributed by atoms with Crippen molar-refractivity contribution >= 4 is 40.7 Å². The second-order valence-electron chi connectivity index (χ2n) is 5.16. The van der Waals surface area contributed by atoms with Crippen molar-refractivity contribution in [3.63, 3.8) is 0 Å². The summed E-state index contributed by atoms with van der Waals surface area (Å²) in [5.74, 6) is -0.288. The standard InChI is InChI=1S/C16H16Cl3N3O/c1-11-4-6-13(7-5-11)14(23)22-15(16(17,18)19)21-10-12-3-2-8-20-9-12/h2-9,15,21H,10H2,1H3,(H,22,23)/p+1/t15-/m0/s1. The third-order valence-corrected chi connectivity index (χ3v) is 3.97. The first-order valence-corrected chi connectivity index (χ1v) is 8.16. The number of alkyl halides is 3. The number of benzene rings is 1. The highest BCUT2D eigenvalue weighted by Crippen LogP contribution is 2.27. The molecule has 0 saturated heterocycles. The van der Waals surface area contributed by atoms with Gasteiger partial charge in [0.1, 0.15) is 6.54 Å². The lowest BCUT2D eigenvalue weighted by molar-refractivity contribution is -0.706. The highest BCUT2D eigenvalue weighted by molar-refractivity contribution is 6.68. The molecule has 0 radical (unpaired) electrons. The lowest BCUT2D eigenvalue weighted by atomic mass is 10.1. The molecule has 0 fully saturated rings. The third kappa shape index (κ3) is 5.66. The van der Waals surface area contributed by atoms with Crippen LogP contribution in [-0.2, 0) is 6.54 Å².